The number of amides is 1. The predicted molar refractivity (Wildman–Crippen MR) is 89.7 cm³/mol. The molecule has 0 bridgehead atoms. The van der Waals surface area contributed by atoms with Crippen molar-refractivity contribution < 1.29 is 23.5 Å². The number of anilines is 1. The van der Waals surface area contributed by atoms with Gasteiger partial charge in [0.2, 0.25) is 0 Å². The molecule has 2 aromatic rings. The molecular weight excluding hydrogens is 333 g/mol. The van der Waals surface area contributed by atoms with Crippen LogP contribution < -0.4 is 10.1 Å². The molecule has 0 saturated heterocycles. The number of rotatable bonds is 7. The van der Waals surface area contributed by atoms with E-state index < -0.39 is 24.3 Å². The maximum Gasteiger partial charge on any atom is 0.316 e. The van der Waals surface area contributed by atoms with Gasteiger partial charge in [0.25, 0.3) is 5.91 Å². The molecule has 0 fully saturated rings. The van der Waals surface area contributed by atoms with Crippen LogP contribution in [0.5, 0.6) is 5.75 Å². The summed E-state index contributed by atoms with van der Waals surface area (Å²) in [7, 11) is 1.52. The maximum atomic E-state index is 13.4. The van der Waals surface area contributed by atoms with Crippen LogP contribution >= 0.6 is 11.8 Å². The lowest BCUT2D eigenvalue weighted by Crippen LogP contribution is -2.21. The summed E-state index contributed by atoms with van der Waals surface area (Å²) < 4.78 is 23.3. The van der Waals surface area contributed by atoms with Gasteiger partial charge in [-0.25, -0.2) is 4.39 Å². The van der Waals surface area contributed by atoms with Crippen molar-refractivity contribution in [2.24, 2.45) is 0 Å². The Balaban J connectivity index is 1.75. The van der Waals surface area contributed by atoms with E-state index in [2.05, 4.69) is 5.32 Å². The summed E-state index contributed by atoms with van der Waals surface area (Å²) in [5.41, 5.74) is 0.538. The zero-order chi connectivity index (χ0) is 17.4. The highest BCUT2D eigenvalue weighted by atomic mass is 32.2. The first-order valence-corrected chi connectivity index (χ1v) is 8.04. The topological polar surface area (TPSA) is 64.6 Å². The predicted octanol–water partition coefficient (Wildman–Crippen LogP) is 3.11. The summed E-state index contributed by atoms with van der Waals surface area (Å²) in [5, 5.41) is 2.59. The summed E-state index contributed by atoms with van der Waals surface area (Å²) in [6.07, 6.45) is 0. The Kier molecular flexibility index (Phi) is 6.62. The molecule has 5 nitrogen and oxygen atoms in total. The third-order valence-electron chi connectivity index (χ3n) is 2.90. The van der Waals surface area contributed by atoms with Gasteiger partial charge >= 0.3 is 5.97 Å². The van der Waals surface area contributed by atoms with Gasteiger partial charge < -0.3 is 14.8 Å². The average molecular weight is 349 g/mol. The fourth-order valence-corrected chi connectivity index (χ4v) is 2.52. The molecule has 0 unspecified atom stereocenters. The minimum atomic E-state index is -0.593. The molecule has 7 heteroatoms. The van der Waals surface area contributed by atoms with Crippen LogP contribution in [-0.2, 0) is 14.3 Å². The number of thioether (sulfide) groups is 1. The lowest BCUT2D eigenvalue weighted by Gasteiger charge is -2.08. The van der Waals surface area contributed by atoms with Crippen molar-refractivity contribution in [2.45, 2.75) is 4.90 Å². The van der Waals surface area contributed by atoms with Gasteiger partial charge in [0, 0.05) is 16.6 Å². The SMILES string of the molecule is COc1cccc(NC(=O)COC(=O)CSc2ccccc2F)c1. The van der Waals surface area contributed by atoms with E-state index in [0.717, 1.165) is 11.8 Å². The highest BCUT2D eigenvalue weighted by Gasteiger charge is 2.10. The van der Waals surface area contributed by atoms with E-state index in [4.69, 9.17) is 9.47 Å². The highest BCUT2D eigenvalue weighted by Crippen LogP contribution is 2.21. The summed E-state index contributed by atoms with van der Waals surface area (Å²) >= 11 is 1.02. The van der Waals surface area contributed by atoms with Gasteiger partial charge in [-0.1, -0.05) is 18.2 Å². The summed E-state index contributed by atoms with van der Waals surface area (Å²) in [5.74, 6) is -0.929. The number of hydrogen-bond acceptors (Lipinski definition) is 5. The molecule has 126 valence electrons. The van der Waals surface area contributed by atoms with Crippen molar-refractivity contribution in [2.75, 3.05) is 24.8 Å². The van der Waals surface area contributed by atoms with Gasteiger partial charge in [-0.15, -0.1) is 11.8 Å². The van der Waals surface area contributed by atoms with Gasteiger partial charge in [-0.2, -0.15) is 0 Å². The number of ether oxygens (including phenoxy) is 2. The van der Waals surface area contributed by atoms with E-state index in [-0.39, 0.29) is 5.75 Å². The van der Waals surface area contributed by atoms with Crippen molar-refractivity contribution in [1.29, 1.82) is 0 Å². The fraction of sp³-hybridized carbons (Fsp3) is 0.176. The normalized spacial score (nSPS) is 10.1. The van der Waals surface area contributed by atoms with Crippen molar-refractivity contribution in [3.05, 3.63) is 54.3 Å². The molecular formula is C17H16FNO4S. The molecule has 1 N–H and O–H groups in total. The minimum Gasteiger partial charge on any atom is -0.497 e. The number of halogens is 1. The number of carbonyl (C=O) groups excluding carboxylic acids is 2. The fourth-order valence-electron chi connectivity index (χ4n) is 1.78. The van der Waals surface area contributed by atoms with Gasteiger partial charge in [-0.3, -0.25) is 9.59 Å². The standard InChI is InChI=1S/C17H16FNO4S/c1-22-13-6-4-5-12(9-13)19-16(20)10-23-17(21)11-24-15-8-3-2-7-14(15)18/h2-9H,10-11H2,1H3,(H,19,20). The second-order valence-corrected chi connectivity index (χ2v) is 5.68. The summed E-state index contributed by atoms with van der Waals surface area (Å²) in [6.45, 7) is -0.409. The van der Waals surface area contributed by atoms with Crippen LogP contribution in [0.4, 0.5) is 10.1 Å². The molecule has 2 aromatic carbocycles. The number of carbonyl (C=O) groups is 2. The third-order valence-corrected chi connectivity index (χ3v) is 3.92. The lowest BCUT2D eigenvalue weighted by molar-refractivity contribution is -0.144. The molecule has 0 aliphatic rings. The largest absolute Gasteiger partial charge is 0.497 e. The van der Waals surface area contributed by atoms with Crippen LogP contribution in [-0.4, -0.2) is 31.3 Å². The second-order valence-electron chi connectivity index (χ2n) is 4.66. The van der Waals surface area contributed by atoms with Crippen molar-refractivity contribution in [3.63, 3.8) is 0 Å². The lowest BCUT2D eigenvalue weighted by atomic mass is 10.3. The number of hydrogen-bond donors (Lipinski definition) is 1. The molecule has 0 aliphatic heterocycles. The van der Waals surface area contributed by atoms with Crippen LogP contribution in [0.2, 0.25) is 0 Å². The van der Waals surface area contributed by atoms with Crippen LogP contribution in [0.1, 0.15) is 0 Å². The van der Waals surface area contributed by atoms with E-state index in [9.17, 15) is 14.0 Å². The quantitative estimate of drug-likeness (QED) is 0.615. The Morgan fingerprint density at radius 1 is 1.17 bits per heavy atom. The van der Waals surface area contributed by atoms with E-state index in [1.54, 1.807) is 42.5 Å². The minimum absolute atomic E-state index is 0.0760. The Labute approximate surface area is 143 Å². The zero-order valence-electron chi connectivity index (χ0n) is 13.0. The van der Waals surface area contributed by atoms with Crippen LogP contribution in [0.15, 0.2) is 53.4 Å². The number of esters is 1. The first-order valence-electron chi connectivity index (χ1n) is 7.05. The number of methoxy groups -OCH3 is 1. The molecule has 0 aliphatic carbocycles. The first-order chi connectivity index (χ1) is 11.6. The van der Waals surface area contributed by atoms with E-state index in [0.29, 0.717) is 16.3 Å². The molecule has 0 radical (unpaired) electrons. The van der Waals surface area contributed by atoms with E-state index >= 15 is 0 Å². The number of benzene rings is 2. The monoisotopic (exact) mass is 349 g/mol. The van der Waals surface area contributed by atoms with E-state index in [1.807, 2.05) is 0 Å². The van der Waals surface area contributed by atoms with Crippen LogP contribution in [0, 0.1) is 5.82 Å². The molecule has 0 atom stereocenters. The third kappa shape index (κ3) is 5.58. The molecule has 0 aromatic heterocycles. The van der Waals surface area contributed by atoms with Gasteiger partial charge in [0.1, 0.15) is 11.6 Å². The Bertz CT molecular complexity index is 723. The highest BCUT2D eigenvalue weighted by molar-refractivity contribution is 8.00. The van der Waals surface area contributed by atoms with Crippen LogP contribution in [0.25, 0.3) is 0 Å². The van der Waals surface area contributed by atoms with Gasteiger partial charge in [-0.05, 0) is 24.3 Å². The van der Waals surface area contributed by atoms with Gasteiger partial charge in [0.05, 0.1) is 12.9 Å². The molecule has 0 saturated carbocycles. The summed E-state index contributed by atoms with van der Waals surface area (Å²) in [6, 6.07) is 12.9. The summed E-state index contributed by atoms with van der Waals surface area (Å²) in [4.78, 5) is 23.7. The van der Waals surface area contributed by atoms with Crippen LogP contribution in [0.3, 0.4) is 0 Å². The Morgan fingerprint density at radius 3 is 2.71 bits per heavy atom. The molecule has 0 spiro atoms. The van der Waals surface area contributed by atoms with Crippen molar-refractivity contribution in [3.8, 4) is 5.75 Å². The maximum absolute atomic E-state index is 13.4. The molecule has 1 amide bonds. The molecule has 2 rings (SSSR count). The second kappa shape index (κ2) is 8.93. The van der Waals surface area contributed by atoms with Crippen molar-refractivity contribution >= 4 is 29.3 Å². The molecule has 0 heterocycles. The Morgan fingerprint density at radius 2 is 1.96 bits per heavy atom. The molecule has 24 heavy (non-hydrogen) atoms. The number of nitrogens with one attached hydrogen (secondary N) is 1. The average Bonchev–Trinajstić information content (AvgIpc) is 2.59. The zero-order valence-corrected chi connectivity index (χ0v) is 13.8. The smallest absolute Gasteiger partial charge is 0.316 e. The van der Waals surface area contributed by atoms with Crippen molar-refractivity contribution in [1.82, 2.24) is 0 Å². The van der Waals surface area contributed by atoms with E-state index in [1.165, 1.54) is 13.2 Å². The first kappa shape index (κ1) is 17.8. The van der Waals surface area contributed by atoms with Gasteiger partial charge in [0.15, 0.2) is 6.61 Å². The Hall–Kier alpha value is -2.54.